The highest BCUT2D eigenvalue weighted by molar-refractivity contribution is 14.1. The van der Waals surface area contributed by atoms with Crippen molar-refractivity contribution >= 4 is 34.2 Å². The maximum atomic E-state index is 12.9. The van der Waals surface area contributed by atoms with Gasteiger partial charge in [-0.25, -0.2) is 0 Å². The van der Waals surface area contributed by atoms with Crippen LogP contribution in [0.2, 0.25) is 5.02 Å². The summed E-state index contributed by atoms with van der Waals surface area (Å²) in [6.45, 7) is 3.49. The maximum Gasteiger partial charge on any atom is 0.236 e. The van der Waals surface area contributed by atoms with Crippen molar-refractivity contribution in [1.82, 2.24) is 9.47 Å². The molecule has 0 bridgehead atoms. The molecule has 0 unspecified atom stereocenters. The van der Waals surface area contributed by atoms with E-state index in [1.807, 2.05) is 54.7 Å². The molecule has 2 aromatic carbocycles. The molecule has 7 heteroatoms. The number of pyridine rings is 1. The second-order valence-electron chi connectivity index (χ2n) is 7.22. The zero-order valence-electron chi connectivity index (χ0n) is 16.6. The standard InChI is InChI=1S/C23H22ClIN2O3/c1-29-18-8-6-16(7-9-18)15-30-21-14-27-11-10-26(13-20(27)22(25)23(21)28)12-17-4-2-3-5-19(17)24/h2-9,14H,10-13,15H2,1H3. The fourth-order valence-electron chi connectivity index (χ4n) is 3.53. The molecule has 2 heterocycles. The Hall–Kier alpha value is -2.03. The van der Waals surface area contributed by atoms with Crippen LogP contribution in [0.15, 0.2) is 59.5 Å². The highest BCUT2D eigenvalue weighted by atomic mass is 127. The van der Waals surface area contributed by atoms with Gasteiger partial charge in [0, 0.05) is 36.9 Å². The minimum Gasteiger partial charge on any atom is -0.497 e. The number of aromatic nitrogens is 1. The van der Waals surface area contributed by atoms with E-state index in [-0.39, 0.29) is 5.43 Å². The molecule has 3 aromatic rings. The summed E-state index contributed by atoms with van der Waals surface area (Å²) >= 11 is 8.46. The van der Waals surface area contributed by atoms with Gasteiger partial charge >= 0.3 is 0 Å². The largest absolute Gasteiger partial charge is 0.497 e. The number of fused-ring (bicyclic) bond motifs is 1. The lowest BCUT2D eigenvalue weighted by Gasteiger charge is -2.31. The van der Waals surface area contributed by atoms with Crippen molar-refractivity contribution in [2.24, 2.45) is 0 Å². The molecule has 0 fully saturated rings. The fourth-order valence-corrected chi connectivity index (χ4v) is 4.47. The topological polar surface area (TPSA) is 43.7 Å². The Kier molecular flexibility index (Phi) is 6.65. The third-order valence-corrected chi connectivity index (χ3v) is 6.71. The fraction of sp³-hybridized carbons (Fsp3) is 0.261. The summed E-state index contributed by atoms with van der Waals surface area (Å²) in [4.78, 5) is 15.2. The van der Waals surface area contributed by atoms with Gasteiger partial charge in [-0.3, -0.25) is 9.69 Å². The highest BCUT2D eigenvalue weighted by Crippen LogP contribution is 2.24. The van der Waals surface area contributed by atoms with Gasteiger partial charge in [0.1, 0.15) is 12.4 Å². The molecule has 30 heavy (non-hydrogen) atoms. The molecule has 0 amide bonds. The van der Waals surface area contributed by atoms with Crippen LogP contribution < -0.4 is 14.9 Å². The van der Waals surface area contributed by atoms with E-state index in [0.29, 0.717) is 22.5 Å². The van der Waals surface area contributed by atoms with Gasteiger partial charge in [0.05, 0.1) is 16.9 Å². The van der Waals surface area contributed by atoms with Gasteiger partial charge in [-0.2, -0.15) is 0 Å². The SMILES string of the molecule is COc1ccc(COc2cn3c(c(I)c2=O)CN(Cc2ccccc2Cl)CC3)cc1. The lowest BCUT2D eigenvalue weighted by Crippen LogP contribution is -2.36. The first-order chi connectivity index (χ1) is 14.5. The van der Waals surface area contributed by atoms with Crippen molar-refractivity contribution in [3.05, 3.63) is 90.4 Å². The molecule has 0 N–H and O–H groups in total. The second kappa shape index (κ2) is 9.41. The number of methoxy groups -OCH3 is 1. The Balaban J connectivity index is 1.49. The van der Waals surface area contributed by atoms with Crippen LogP contribution in [0.4, 0.5) is 0 Å². The smallest absolute Gasteiger partial charge is 0.236 e. The number of hydrogen-bond acceptors (Lipinski definition) is 4. The average molecular weight is 537 g/mol. The number of nitrogens with zero attached hydrogens (tertiary/aromatic N) is 2. The molecule has 5 nitrogen and oxygen atoms in total. The Morgan fingerprint density at radius 2 is 1.87 bits per heavy atom. The zero-order valence-corrected chi connectivity index (χ0v) is 19.5. The number of hydrogen-bond donors (Lipinski definition) is 0. The normalized spacial score (nSPS) is 13.7. The van der Waals surface area contributed by atoms with E-state index in [1.54, 1.807) is 7.11 Å². The summed E-state index contributed by atoms with van der Waals surface area (Å²) in [6.07, 6.45) is 1.84. The van der Waals surface area contributed by atoms with Crippen LogP contribution in [-0.4, -0.2) is 23.1 Å². The molecule has 0 atom stereocenters. The van der Waals surface area contributed by atoms with E-state index in [4.69, 9.17) is 21.1 Å². The Labute approximate surface area is 194 Å². The predicted octanol–water partition coefficient (Wildman–Crippen LogP) is 4.71. The van der Waals surface area contributed by atoms with Crippen LogP contribution in [0.3, 0.4) is 0 Å². The highest BCUT2D eigenvalue weighted by Gasteiger charge is 2.22. The van der Waals surface area contributed by atoms with Crippen LogP contribution in [0.1, 0.15) is 16.8 Å². The van der Waals surface area contributed by atoms with Gasteiger partial charge in [0.2, 0.25) is 5.43 Å². The van der Waals surface area contributed by atoms with Crippen LogP contribution >= 0.6 is 34.2 Å². The summed E-state index contributed by atoms with van der Waals surface area (Å²) < 4.78 is 13.9. The van der Waals surface area contributed by atoms with Crippen molar-refractivity contribution in [1.29, 1.82) is 0 Å². The van der Waals surface area contributed by atoms with E-state index < -0.39 is 0 Å². The summed E-state index contributed by atoms with van der Waals surface area (Å²) in [5.41, 5.74) is 3.05. The summed E-state index contributed by atoms with van der Waals surface area (Å²) in [5.74, 6) is 1.18. The molecule has 156 valence electrons. The first-order valence-electron chi connectivity index (χ1n) is 9.68. The van der Waals surface area contributed by atoms with E-state index in [9.17, 15) is 4.79 Å². The van der Waals surface area contributed by atoms with Gasteiger partial charge in [-0.05, 0) is 51.9 Å². The van der Waals surface area contributed by atoms with E-state index in [1.165, 1.54) is 0 Å². The Morgan fingerprint density at radius 1 is 1.10 bits per heavy atom. The van der Waals surface area contributed by atoms with Gasteiger partial charge in [-0.1, -0.05) is 41.9 Å². The second-order valence-corrected chi connectivity index (χ2v) is 8.70. The molecule has 0 saturated heterocycles. The number of ether oxygens (including phenoxy) is 2. The Bertz CT molecular complexity index is 1100. The predicted molar refractivity (Wildman–Crippen MR) is 126 cm³/mol. The Morgan fingerprint density at radius 3 is 2.60 bits per heavy atom. The van der Waals surface area contributed by atoms with Crippen molar-refractivity contribution in [2.45, 2.75) is 26.2 Å². The van der Waals surface area contributed by atoms with Crippen LogP contribution in [0.5, 0.6) is 11.5 Å². The summed E-state index contributed by atoms with van der Waals surface area (Å²) in [5, 5.41) is 0.775. The third kappa shape index (κ3) is 4.66. The molecule has 0 saturated carbocycles. The van der Waals surface area contributed by atoms with Crippen molar-refractivity contribution in [3.63, 3.8) is 0 Å². The van der Waals surface area contributed by atoms with Crippen molar-refractivity contribution in [2.75, 3.05) is 13.7 Å². The third-order valence-electron chi connectivity index (χ3n) is 5.23. The van der Waals surface area contributed by atoms with Crippen LogP contribution in [0, 0.1) is 3.57 Å². The number of halogens is 2. The first-order valence-corrected chi connectivity index (χ1v) is 11.1. The quantitative estimate of drug-likeness (QED) is 0.428. The number of rotatable bonds is 6. The molecule has 0 spiro atoms. The molecular weight excluding hydrogens is 515 g/mol. The van der Waals surface area contributed by atoms with Gasteiger partial charge in [0.15, 0.2) is 5.75 Å². The van der Waals surface area contributed by atoms with Crippen LogP contribution in [-0.2, 0) is 26.2 Å². The summed E-state index contributed by atoms with van der Waals surface area (Å²) in [7, 11) is 1.64. The van der Waals surface area contributed by atoms with Crippen LogP contribution in [0.25, 0.3) is 0 Å². The van der Waals surface area contributed by atoms with E-state index >= 15 is 0 Å². The van der Waals surface area contributed by atoms with Gasteiger partial charge < -0.3 is 14.0 Å². The minimum absolute atomic E-state index is 0.0602. The summed E-state index contributed by atoms with van der Waals surface area (Å²) in [6, 6.07) is 15.5. The maximum absolute atomic E-state index is 12.9. The lowest BCUT2D eigenvalue weighted by atomic mass is 10.1. The molecule has 1 aliphatic rings. The monoisotopic (exact) mass is 536 g/mol. The molecular formula is C23H22ClIN2O3. The lowest BCUT2D eigenvalue weighted by molar-refractivity contribution is 0.207. The molecule has 0 radical (unpaired) electrons. The molecule has 1 aromatic heterocycles. The number of benzene rings is 2. The minimum atomic E-state index is -0.0602. The average Bonchev–Trinajstić information content (AvgIpc) is 2.77. The van der Waals surface area contributed by atoms with Crippen molar-refractivity contribution in [3.8, 4) is 11.5 Å². The molecule has 1 aliphatic heterocycles. The van der Waals surface area contributed by atoms with E-state index in [0.717, 1.165) is 47.2 Å². The van der Waals surface area contributed by atoms with Gasteiger partial charge in [0.25, 0.3) is 0 Å². The van der Waals surface area contributed by atoms with Crippen molar-refractivity contribution < 1.29 is 9.47 Å². The molecule has 4 rings (SSSR count). The molecule has 0 aliphatic carbocycles. The van der Waals surface area contributed by atoms with Gasteiger partial charge in [-0.15, -0.1) is 0 Å². The van der Waals surface area contributed by atoms with E-state index in [2.05, 4.69) is 32.1 Å². The zero-order chi connectivity index (χ0) is 21.1. The first kappa shape index (κ1) is 21.2.